The molecule has 4 heteroatoms. The fraction of sp³-hybridized carbons (Fsp3) is 0.417. The molecule has 0 unspecified atom stereocenters. The third-order valence-corrected chi connectivity index (χ3v) is 2.59. The van der Waals surface area contributed by atoms with E-state index in [1.54, 1.807) is 0 Å². The second-order valence-corrected chi connectivity index (χ2v) is 3.73. The first-order valence-electron chi connectivity index (χ1n) is 5.30. The number of rotatable bonds is 2. The maximum absolute atomic E-state index is 11.8. The smallest absolute Gasteiger partial charge is 0.251 e. The van der Waals surface area contributed by atoms with Crippen LogP contribution in [0.15, 0.2) is 30.3 Å². The molecule has 0 aromatic heterocycles. The number of ether oxygens (including phenoxy) is 1. The number of nitrogens with one attached hydrogen (secondary N) is 1. The van der Waals surface area contributed by atoms with Gasteiger partial charge in [-0.1, -0.05) is 18.2 Å². The first kappa shape index (κ1) is 12.7. The van der Waals surface area contributed by atoms with Crippen LogP contribution in [-0.4, -0.2) is 30.6 Å². The number of carbonyl (C=O) groups is 1. The molecule has 0 aliphatic carbocycles. The van der Waals surface area contributed by atoms with Gasteiger partial charge in [-0.3, -0.25) is 4.79 Å². The second-order valence-electron chi connectivity index (χ2n) is 3.73. The molecule has 1 aliphatic heterocycles. The molecule has 16 heavy (non-hydrogen) atoms. The van der Waals surface area contributed by atoms with Crippen molar-refractivity contribution in [3.8, 4) is 0 Å². The van der Waals surface area contributed by atoms with Crippen LogP contribution in [0.3, 0.4) is 0 Å². The highest BCUT2D eigenvalue weighted by atomic mass is 16.5. The topological polar surface area (TPSA) is 69.8 Å². The quantitative estimate of drug-likeness (QED) is 0.804. The van der Waals surface area contributed by atoms with E-state index in [0.29, 0.717) is 0 Å². The third-order valence-electron chi connectivity index (χ3n) is 2.59. The van der Waals surface area contributed by atoms with Crippen LogP contribution in [0.2, 0.25) is 0 Å². The average Bonchev–Trinajstić information content (AvgIpc) is 2.31. The van der Waals surface area contributed by atoms with Gasteiger partial charge in [-0.15, -0.1) is 0 Å². The number of amides is 1. The van der Waals surface area contributed by atoms with Gasteiger partial charge in [0, 0.05) is 24.8 Å². The molecule has 2 rings (SSSR count). The van der Waals surface area contributed by atoms with Crippen molar-refractivity contribution < 1.29 is 15.0 Å². The summed E-state index contributed by atoms with van der Waals surface area (Å²) in [6.07, 6.45) is 1.83. The summed E-state index contributed by atoms with van der Waals surface area (Å²) in [6, 6.07) is 9.58. The van der Waals surface area contributed by atoms with Crippen LogP contribution in [-0.2, 0) is 4.74 Å². The van der Waals surface area contributed by atoms with Crippen molar-refractivity contribution in [1.29, 1.82) is 0 Å². The Labute approximate surface area is 94.9 Å². The van der Waals surface area contributed by atoms with Crippen LogP contribution in [0.4, 0.5) is 0 Å². The molecular weight excluding hydrogens is 206 g/mol. The van der Waals surface area contributed by atoms with Crippen molar-refractivity contribution in [2.45, 2.75) is 18.9 Å². The maximum Gasteiger partial charge on any atom is 0.251 e. The lowest BCUT2D eigenvalue weighted by Gasteiger charge is -2.23. The highest BCUT2D eigenvalue weighted by Gasteiger charge is 2.16. The van der Waals surface area contributed by atoms with Crippen LogP contribution < -0.4 is 5.32 Å². The Bertz CT molecular complexity index is 320. The van der Waals surface area contributed by atoms with Gasteiger partial charge in [-0.25, -0.2) is 0 Å². The van der Waals surface area contributed by atoms with E-state index in [9.17, 15) is 4.79 Å². The highest BCUT2D eigenvalue weighted by Crippen LogP contribution is 2.07. The summed E-state index contributed by atoms with van der Waals surface area (Å²) in [5.74, 6) is 0.0162. The molecule has 3 N–H and O–H groups in total. The standard InChI is InChI=1S/C12H15NO2.H2O/c14-12(10-4-2-1-3-5-10)13-11-6-8-15-9-7-11;/h1-5,11H,6-9H2,(H,13,14);1H2. The Morgan fingerprint density at radius 1 is 1.19 bits per heavy atom. The van der Waals surface area contributed by atoms with Gasteiger partial charge in [0.1, 0.15) is 0 Å². The van der Waals surface area contributed by atoms with Crippen molar-refractivity contribution in [3.63, 3.8) is 0 Å². The van der Waals surface area contributed by atoms with Crippen molar-refractivity contribution in [2.24, 2.45) is 0 Å². The van der Waals surface area contributed by atoms with E-state index in [1.165, 1.54) is 0 Å². The lowest BCUT2D eigenvalue weighted by Crippen LogP contribution is -2.38. The monoisotopic (exact) mass is 223 g/mol. The predicted molar refractivity (Wildman–Crippen MR) is 61.4 cm³/mol. The third kappa shape index (κ3) is 3.32. The second kappa shape index (κ2) is 6.25. The van der Waals surface area contributed by atoms with Gasteiger partial charge >= 0.3 is 0 Å². The lowest BCUT2D eigenvalue weighted by atomic mass is 10.1. The molecule has 0 bridgehead atoms. The Hall–Kier alpha value is -1.39. The number of hydrogen-bond donors (Lipinski definition) is 1. The molecule has 88 valence electrons. The fourth-order valence-corrected chi connectivity index (χ4v) is 1.70. The van der Waals surface area contributed by atoms with E-state index in [2.05, 4.69) is 5.32 Å². The Morgan fingerprint density at radius 3 is 2.44 bits per heavy atom. The van der Waals surface area contributed by atoms with Crippen LogP contribution in [0.1, 0.15) is 23.2 Å². The molecule has 0 saturated carbocycles. The molecule has 1 aromatic carbocycles. The highest BCUT2D eigenvalue weighted by molar-refractivity contribution is 5.94. The minimum absolute atomic E-state index is 0. The van der Waals surface area contributed by atoms with E-state index in [4.69, 9.17) is 4.74 Å². The van der Waals surface area contributed by atoms with Gasteiger partial charge in [-0.2, -0.15) is 0 Å². The maximum atomic E-state index is 11.8. The number of hydrogen-bond acceptors (Lipinski definition) is 2. The van der Waals surface area contributed by atoms with Crippen molar-refractivity contribution in [3.05, 3.63) is 35.9 Å². The van der Waals surface area contributed by atoms with Crippen LogP contribution in [0, 0.1) is 0 Å². The van der Waals surface area contributed by atoms with Crippen LogP contribution >= 0.6 is 0 Å². The molecule has 0 spiro atoms. The average molecular weight is 223 g/mol. The summed E-state index contributed by atoms with van der Waals surface area (Å²) in [5, 5.41) is 3.02. The van der Waals surface area contributed by atoms with Gasteiger partial charge in [0.2, 0.25) is 0 Å². The molecule has 1 saturated heterocycles. The van der Waals surface area contributed by atoms with Crippen LogP contribution in [0.5, 0.6) is 0 Å². The zero-order valence-corrected chi connectivity index (χ0v) is 9.11. The minimum Gasteiger partial charge on any atom is -0.412 e. The van der Waals surface area contributed by atoms with Crippen molar-refractivity contribution in [1.82, 2.24) is 5.32 Å². The molecule has 1 aliphatic rings. The van der Waals surface area contributed by atoms with E-state index in [1.807, 2.05) is 30.3 Å². The zero-order chi connectivity index (χ0) is 10.5. The van der Waals surface area contributed by atoms with Crippen molar-refractivity contribution >= 4 is 5.91 Å². The first-order chi connectivity index (χ1) is 7.36. The molecule has 1 fully saturated rings. The van der Waals surface area contributed by atoms with Gasteiger partial charge in [-0.05, 0) is 25.0 Å². The van der Waals surface area contributed by atoms with E-state index in [-0.39, 0.29) is 17.4 Å². The summed E-state index contributed by atoms with van der Waals surface area (Å²) in [4.78, 5) is 11.8. The molecule has 4 nitrogen and oxygen atoms in total. The van der Waals surface area contributed by atoms with Crippen LogP contribution in [0.25, 0.3) is 0 Å². The molecule has 1 heterocycles. The largest absolute Gasteiger partial charge is 0.412 e. The molecule has 0 radical (unpaired) electrons. The van der Waals surface area contributed by atoms with E-state index in [0.717, 1.165) is 31.6 Å². The minimum atomic E-state index is 0. The Kier molecular flexibility index (Phi) is 4.95. The van der Waals surface area contributed by atoms with Gasteiger partial charge < -0.3 is 15.5 Å². The van der Waals surface area contributed by atoms with Gasteiger partial charge in [0.15, 0.2) is 0 Å². The summed E-state index contributed by atoms with van der Waals surface area (Å²) in [7, 11) is 0. The van der Waals surface area contributed by atoms with E-state index < -0.39 is 0 Å². The molecule has 1 aromatic rings. The predicted octanol–water partition coefficient (Wildman–Crippen LogP) is 0.771. The summed E-state index contributed by atoms with van der Waals surface area (Å²) < 4.78 is 5.24. The molecule has 1 amide bonds. The SMILES string of the molecule is O.O=C(NC1CCOCC1)c1ccccc1. The van der Waals surface area contributed by atoms with Gasteiger partial charge in [0.05, 0.1) is 0 Å². The summed E-state index contributed by atoms with van der Waals surface area (Å²) >= 11 is 0. The number of benzene rings is 1. The summed E-state index contributed by atoms with van der Waals surface area (Å²) in [5.41, 5.74) is 0.726. The molecule has 0 atom stereocenters. The Balaban J connectivity index is 0.00000128. The molecular formula is C12H17NO3. The normalized spacial score (nSPS) is 16.2. The Morgan fingerprint density at radius 2 is 1.81 bits per heavy atom. The fourth-order valence-electron chi connectivity index (χ4n) is 1.70. The summed E-state index contributed by atoms with van der Waals surface area (Å²) in [6.45, 7) is 1.50. The van der Waals surface area contributed by atoms with E-state index >= 15 is 0 Å². The van der Waals surface area contributed by atoms with Gasteiger partial charge in [0.25, 0.3) is 5.91 Å². The van der Waals surface area contributed by atoms with Crippen molar-refractivity contribution in [2.75, 3.05) is 13.2 Å². The zero-order valence-electron chi connectivity index (χ0n) is 9.11. The first-order valence-corrected chi connectivity index (χ1v) is 5.30. The number of carbonyl (C=O) groups excluding carboxylic acids is 1. The lowest BCUT2D eigenvalue weighted by molar-refractivity contribution is 0.0696.